The molecule has 2 amide bonds. The number of amides is 2. The number of hydrogen-bond donors (Lipinski definition) is 1. The van der Waals surface area contributed by atoms with E-state index in [0.29, 0.717) is 24.6 Å². The summed E-state index contributed by atoms with van der Waals surface area (Å²) < 4.78 is 7.29. The molecule has 156 valence electrons. The van der Waals surface area contributed by atoms with Gasteiger partial charge >= 0.3 is 0 Å². The Labute approximate surface area is 170 Å². The molecule has 1 fully saturated rings. The number of nitrogens with one attached hydrogen (secondary N) is 1. The van der Waals surface area contributed by atoms with Gasteiger partial charge in [0, 0.05) is 36.6 Å². The maximum atomic E-state index is 13.0. The van der Waals surface area contributed by atoms with Crippen LogP contribution in [0, 0.1) is 5.41 Å². The van der Waals surface area contributed by atoms with Gasteiger partial charge in [-0.2, -0.15) is 5.10 Å². The minimum Gasteiger partial charge on any atom is -0.360 e. The molecule has 1 aliphatic heterocycles. The van der Waals surface area contributed by atoms with Gasteiger partial charge in [-0.15, -0.1) is 0 Å². The van der Waals surface area contributed by atoms with Crippen LogP contribution in [0.25, 0.3) is 0 Å². The largest absolute Gasteiger partial charge is 0.360 e. The van der Waals surface area contributed by atoms with Crippen molar-refractivity contribution >= 4 is 17.6 Å². The summed E-state index contributed by atoms with van der Waals surface area (Å²) in [6, 6.07) is 1.97. The highest BCUT2D eigenvalue weighted by atomic mass is 16.5. The first-order chi connectivity index (χ1) is 13.8. The van der Waals surface area contributed by atoms with Crippen molar-refractivity contribution in [3.63, 3.8) is 0 Å². The summed E-state index contributed by atoms with van der Waals surface area (Å²) >= 11 is 0. The molecular formula is C21H29N5O3. The van der Waals surface area contributed by atoms with Crippen LogP contribution in [0.1, 0.15) is 74.3 Å². The molecule has 2 aromatic heterocycles. The van der Waals surface area contributed by atoms with Gasteiger partial charge in [0.05, 0.1) is 12.2 Å². The molecule has 8 heteroatoms. The lowest BCUT2D eigenvalue weighted by Gasteiger charge is -2.32. The number of rotatable bonds is 3. The predicted molar refractivity (Wildman–Crippen MR) is 108 cm³/mol. The van der Waals surface area contributed by atoms with E-state index in [1.807, 2.05) is 36.4 Å². The standard InChI is InChI=1S/C21H29N5O3/c1-21(2,3)20(28)23-17-8-11-22-26(17)14-9-12-25(13-10-14)19(27)18-15-6-4-5-7-16(15)29-24-18/h8,11,14H,4-7,9-10,12-13H2,1-3H3,(H,23,28). The number of hydrogen-bond acceptors (Lipinski definition) is 5. The average Bonchev–Trinajstić information content (AvgIpc) is 3.34. The normalized spacial score (nSPS) is 17.8. The minimum atomic E-state index is -0.471. The van der Waals surface area contributed by atoms with E-state index in [4.69, 9.17) is 4.52 Å². The molecule has 2 aromatic rings. The van der Waals surface area contributed by atoms with Crippen LogP contribution >= 0.6 is 0 Å². The number of aryl methyl sites for hydroxylation is 1. The van der Waals surface area contributed by atoms with Crippen molar-refractivity contribution < 1.29 is 14.1 Å². The zero-order valence-electron chi connectivity index (χ0n) is 17.4. The SMILES string of the molecule is CC(C)(C)C(=O)Nc1ccnn1C1CCN(C(=O)c2noc3c2CCCC3)CC1. The van der Waals surface area contributed by atoms with Crippen LogP contribution in [0.15, 0.2) is 16.8 Å². The number of likely N-dealkylation sites (tertiary alicyclic amines) is 1. The van der Waals surface area contributed by atoms with Crippen molar-refractivity contribution in [1.82, 2.24) is 19.8 Å². The van der Waals surface area contributed by atoms with Crippen LogP contribution in [-0.4, -0.2) is 44.7 Å². The van der Waals surface area contributed by atoms with E-state index in [1.54, 1.807) is 6.20 Å². The number of fused-ring (bicyclic) bond motifs is 1. The van der Waals surface area contributed by atoms with E-state index in [1.165, 1.54) is 0 Å². The summed E-state index contributed by atoms with van der Waals surface area (Å²) in [4.78, 5) is 27.2. The number of carbonyl (C=O) groups is 2. The lowest BCUT2D eigenvalue weighted by atomic mass is 9.95. The summed E-state index contributed by atoms with van der Waals surface area (Å²) in [6.45, 7) is 6.93. The van der Waals surface area contributed by atoms with Gasteiger partial charge < -0.3 is 14.7 Å². The smallest absolute Gasteiger partial charge is 0.276 e. The average molecular weight is 399 g/mol. The second-order valence-corrected chi connectivity index (χ2v) is 9.03. The van der Waals surface area contributed by atoms with Gasteiger partial charge in [-0.25, -0.2) is 4.68 Å². The first kappa shape index (κ1) is 19.7. The molecule has 8 nitrogen and oxygen atoms in total. The van der Waals surface area contributed by atoms with Gasteiger partial charge in [-0.05, 0) is 32.1 Å². The zero-order chi connectivity index (χ0) is 20.6. The van der Waals surface area contributed by atoms with E-state index < -0.39 is 5.41 Å². The van der Waals surface area contributed by atoms with Crippen molar-refractivity contribution in [3.05, 3.63) is 29.3 Å². The van der Waals surface area contributed by atoms with Gasteiger partial charge in [0.15, 0.2) is 5.69 Å². The fraction of sp³-hybridized carbons (Fsp3) is 0.619. The maximum absolute atomic E-state index is 13.0. The van der Waals surface area contributed by atoms with Crippen LogP contribution in [0.5, 0.6) is 0 Å². The molecule has 2 aliphatic rings. The van der Waals surface area contributed by atoms with Crippen LogP contribution < -0.4 is 5.32 Å². The lowest BCUT2D eigenvalue weighted by Crippen LogP contribution is -2.40. The van der Waals surface area contributed by atoms with Crippen molar-refractivity contribution in [2.24, 2.45) is 5.41 Å². The summed E-state index contributed by atoms with van der Waals surface area (Å²) in [6.07, 6.45) is 7.20. The number of aromatic nitrogens is 3. The highest BCUT2D eigenvalue weighted by Crippen LogP contribution is 2.29. The monoisotopic (exact) mass is 399 g/mol. The van der Waals surface area contributed by atoms with Crippen molar-refractivity contribution in [1.29, 1.82) is 0 Å². The summed E-state index contributed by atoms with van der Waals surface area (Å²) in [5, 5.41) is 11.5. The molecular weight excluding hydrogens is 370 g/mol. The minimum absolute atomic E-state index is 0.0305. The molecule has 0 bridgehead atoms. The Kier molecular flexibility index (Phi) is 5.19. The lowest BCUT2D eigenvalue weighted by molar-refractivity contribution is -0.123. The van der Waals surface area contributed by atoms with Gasteiger partial charge in [-0.1, -0.05) is 25.9 Å². The van der Waals surface area contributed by atoms with Gasteiger partial charge in [-0.3, -0.25) is 9.59 Å². The first-order valence-corrected chi connectivity index (χ1v) is 10.5. The van der Waals surface area contributed by atoms with E-state index >= 15 is 0 Å². The molecule has 1 aliphatic carbocycles. The topological polar surface area (TPSA) is 93.3 Å². The fourth-order valence-electron chi connectivity index (χ4n) is 4.02. The van der Waals surface area contributed by atoms with Crippen LogP contribution in [0.2, 0.25) is 0 Å². The third-order valence-corrected chi connectivity index (χ3v) is 5.84. The van der Waals surface area contributed by atoms with Gasteiger partial charge in [0.1, 0.15) is 11.6 Å². The van der Waals surface area contributed by atoms with Crippen LogP contribution in [0.4, 0.5) is 5.82 Å². The molecule has 1 N–H and O–H groups in total. The Hall–Kier alpha value is -2.64. The van der Waals surface area contributed by atoms with Gasteiger partial charge in [0.25, 0.3) is 5.91 Å². The van der Waals surface area contributed by atoms with Crippen LogP contribution in [0.3, 0.4) is 0 Å². The predicted octanol–water partition coefficient (Wildman–Crippen LogP) is 3.21. The Morgan fingerprint density at radius 2 is 1.90 bits per heavy atom. The summed E-state index contributed by atoms with van der Waals surface area (Å²) in [7, 11) is 0. The molecule has 0 unspecified atom stereocenters. The summed E-state index contributed by atoms with van der Waals surface area (Å²) in [5.74, 6) is 1.52. The van der Waals surface area contributed by atoms with E-state index in [9.17, 15) is 9.59 Å². The number of anilines is 1. The molecule has 0 radical (unpaired) electrons. The zero-order valence-corrected chi connectivity index (χ0v) is 17.4. The number of nitrogens with zero attached hydrogens (tertiary/aromatic N) is 4. The van der Waals surface area contributed by atoms with Gasteiger partial charge in [0.2, 0.25) is 5.91 Å². The fourth-order valence-corrected chi connectivity index (χ4v) is 4.02. The van der Waals surface area contributed by atoms with Crippen molar-refractivity contribution in [2.45, 2.75) is 65.3 Å². The molecule has 0 aromatic carbocycles. The highest BCUT2D eigenvalue weighted by molar-refractivity contribution is 5.94. The number of piperidine rings is 1. The third kappa shape index (κ3) is 3.93. The Morgan fingerprint density at radius 1 is 1.17 bits per heavy atom. The van der Waals surface area contributed by atoms with Crippen LogP contribution in [-0.2, 0) is 17.6 Å². The van der Waals surface area contributed by atoms with E-state index in [-0.39, 0.29) is 17.9 Å². The Balaban J connectivity index is 1.40. The third-order valence-electron chi connectivity index (χ3n) is 5.84. The van der Waals surface area contributed by atoms with E-state index in [2.05, 4.69) is 15.6 Å². The van der Waals surface area contributed by atoms with E-state index in [0.717, 1.165) is 49.8 Å². The molecule has 4 rings (SSSR count). The number of carbonyl (C=O) groups excluding carboxylic acids is 2. The quantitative estimate of drug-likeness (QED) is 0.855. The first-order valence-electron chi connectivity index (χ1n) is 10.5. The molecule has 3 heterocycles. The Morgan fingerprint density at radius 3 is 2.62 bits per heavy atom. The molecule has 29 heavy (non-hydrogen) atoms. The molecule has 1 saturated heterocycles. The molecule has 0 spiro atoms. The summed E-state index contributed by atoms with van der Waals surface area (Å²) in [5.41, 5.74) is 1.03. The highest BCUT2D eigenvalue weighted by Gasteiger charge is 2.31. The second-order valence-electron chi connectivity index (χ2n) is 9.03. The Bertz CT molecular complexity index is 900. The molecule has 0 atom stereocenters. The second kappa shape index (κ2) is 7.65. The maximum Gasteiger partial charge on any atom is 0.276 e. The van der Waals surface area contributed by atoms with Crippen molar-refractivity contribution in [2.75, 3.05) is 18.4 Å². The molecule has 0 saturated carbocycles. The van der Waals surface area contributed by atoms with Crippen molar-refractivity contribution in [3.8, 4) is 0 Å².